The lowest BCUT2D eigenvalue weighted by atomic mass is 10.0. The van der Waals surface area contributed by atoms with E-state index in [2.05, 4.69) is 59.2 Å². The number of carbonyl (C=O) groups excluding carboxylic acids is 1. The van der Waals surface area contributed by atoms with Crippen molar-refractivity contribution < 1.29 is 4.79 Å². The van der Waals surface area contributed by atoms with Gasteiger partial charge in [-0.15, -0.1) is 11.8 Å². The average Bonchev–Trinajstić information content (AvgIpc) is 2.75. The van der Waals surface area contributed by atoms with Crippen LogP contribution in [0.1, 0.15) is 26.7 Å². The van der Waals surface area contributed by atoms with E-state index in [9.17, 15) is 4.79 Å². The number of thiocarbonyl (C=S) groups is 1. The van der Waals surface area contributed by atoms with Crippen molar-refractivity contribution >= 4 is 35.0 Å². The highest BCUT2D eigenvalue weighted by molar-refractivity contribution is 7.99. The number of hydrogen-bond acceptors (Lipinski definition) is 3. The summed E-state index contributed by atoms with van der Waals surface area (Å²) in [6.45, 7) is 0.675. The first-order valence-corrected chi connectivity index (χ1v) is 10.6. The number of carbonyl (C=O) groups is 1. The Hall–Kier alpha value is -2.63. The molecule has 0 fully saturated rings. The lowest BCUT2D eigenvalue weighted by Crippen LogP contribution is -2.40. The predicted octanol–water partition coefficient (Wildman–Crippen LogP) is 4.81. The summed E-state index contributed by atoms with van der Waals surface area (Å²) >= 11 is 7.09. The summed E-state index contributed by atoms with van der Waals surface area (Å²) in [7, 11) is 0. The molecular formula is C23H22N2OS2. The maximum atomic E-state index is 12.1. The molecule has 3 rings (SSSR count). The lowest BCUT2D eigenvalue weighted by molar-refractivity contribution is 0.0976. The molecule has 0 radical (unpaired) electrons. The third-order valence-corrected chi connectivity index (χ3v) is 5.70. The van der Waals surface area contributed by atoms with Crippen LogP contribution in [0, 0.1) is 0 Å². The minimum atomic E-state index is -0.197. The maximum absolute atomic E-state index is 12.1. The molecule has 28 heavy (non-hydrogen) atoms. The van der Waals surface area contributed by atoms with Gasteiger partial charge < -0.3 is 5.32 Å². The van der Waals surface area contributed by atoms with Crippen molar-refractivity contribution in [3.63, 3.8) is 0 Å². The van der Waals surface area contributed by atoms with Crippen molar-refractivity contribution in [2.75, 3.05) is 12.3 Å². The number of amides is 1. The van der Waals surface area contributed by atoms with Gasteiger partial charge in [0.25, 0.3) is 5.91 Å². The van der Waals surface area contributed by atoms with Crippen molar-refractivity contribution in [2.24, 2.45) is 0 Å². The number of rotatable bonds is 7. The first kappa shape index (κ1) is 20.1. The minimum Gasteiger partial charge on any atom is -0.362 e. The molecule has 0 heterocycles. The highest BCUT2D eigenvalue weighted by Crippen LogP contribution is 2.35. The van der Waals surface area contributed by atoms with E-state index in [-0.39, 0.29) is 11.2 Å². The summed E-state index contributed by atoms with van der Waals surface area (Å²) in [6, 6.07) is 30.0. The quantitative estimate of drug-likeness (QED) is 0.436. The zero-order valence-corrected chi connectivity index (χ0v) is 17.0. The molecule has 0 bridgehead atoms. The van der Waals surface area contributed by atoms with Gasteiger partial charge in [0.2, 0.25) is 0 Å². The van der Waals surface area contributed by atoms with Gasteiger partial charge in [-0.3, -0.25) is 10.1 Å². The van der Waals surface area contributed by atoms with Crippen molar-refractivity contribution in [2.45, 2.75) is 5.25 Å². The summed E-state index contributed by atoms with van der Waals surface area (Å²) in [4.78, 5) is 12.1. The Balaban J connectivity index is 1.51. The molecule has 3 nitrogen and oxygen atoms in total. The number of thioether (sulfide) groups is 1. The fraction of sp³-hybridized carbons (Fsp3) is 0.130. The largest absolute Gasteiger partial charge is 0.362 e. The zero-order valence-electron chi connectivity index (χ0n) is 15.4. The van der Waals surface area contributed by atoms with Gasteiger partial charge in [0.05, 0.1) is 5.25 Å². The topological polar surface area (TPSA) is 41.1 Å². The normalized spacial score (nSPS) is 10.5. The van der Waals surface area contributed by atoms with Crippen molar-refractivity contribution in [1.29, 1.82) is 0 Å². The highest BCUT2D eigenvalue weighted by Gasteiger charge is 2.14. The molecule has 0 aromatic heterocycles. The van der Waals surface area contributed by atoms with Crippen LogP contribution in [0.25, 0.3) is 0 Å². The van der Waals surface area contributed by atoms with Gasteiger partial charge in [0, 0.05) is 17.9 Å². The monoisotopic (exact) mass is 406 g/mol. The predicted molar refractivity (Wildman–Crippen MR) is 122 cm³/mol. The summed E-state index contributed by atoms with van der Waals surface area (Å²) < 4.78 is 0. The number of benzene rings is 3. The molecule has 142 valence electrons. The first-order chi connectivity index (χ1) is 13.7. The second-order valence-corrected chi connectivity index (χ2v) is 7.77. The third-order valence-electron chi connectivity index (χ3n) is 4.14. The molecule has 5 heteroatoms. The molecule has 3 aromatic rings. The van der Waals surface area contributed by atoms with Crippen molar-refractivity contribution in [3.05, 3.63) is 108 Å². The van der Waals surface area contributed by atoms with Gasteiger partial charge in [0.15, 0.2) is 5.11 Å². The molecule has 1 amide bonds. The second-order valence-electron chi connectivity index (χ2n) is 6.15. The van der Waals surface area contributed by atoms with E-state index >= 15 is 0 Å². The zero-order chi connectivity index (χ0) is 19.6. The van der Waals surface area contributed by atoms with Gasteiger partial charge in [-0.25, -0.2) is 0 Å². The van der Waals surface area contributed by atoms with Crippen LogP contribution in [-0.4, -0.2) is 23.3 Å². The molecule has 0 spiro atoms. The lowest BCUT2D eigenvalue weighted by Gasteiger charge is -2.18. The van der Waals surface area contributed by atoms with E-state index in [1.807, 2.05) is 42.1 Å². The van der Waals surface area contributed by atoms with Crippen LogP contribution in [0.5, 0.6) is 0 Å². The SMILES string of the molecule is O=C(NC(=S)NCCSC(c1ccccc1)c1ccccc1)c1ccccc1. The average molecular weight is 407 g/mol. The van der Waals surface area contributed by atoms with E-state index in [0.29, 0.717) is 17.2 Å². The summed E-state index contributed by atoms with van der Waals surface area (Å²) in [5.41, 5.74) is 3.14. The molecule has 0 unspecified atom stereocenters. The van der Waals surface area contributed by atoms with Gasteiger partial charge >= 0.3 is 0 Å². The van der Waals surface area contributed by atoms with Crippen LogP contribution in [-0.2, 0) is 0 Å². The molecule has 2 N–H and O–H groups in total. The van der Waals surface area contributed by atoms with Crippen LogP contribution in [0.3, 0.4) is 0 Å². The van der Waals surface area contributed by atoms with Crippen LogP contribution >= 0.6 is 24.0 Å². The second kappa shape index (κ2) is 10.6. The van der Waals surface area contributed by atoms with E-state index in [0.717, 1.165) is 5.75 Å². The highest BCUT2D eigenvalue weighted by atomic mass is 32.2. The van der Waals surface area contributed by atoms with Crippen LogP contribution in [0.15, 0.2) is 91.0 Å². The van der Waals surface area contributed by atoms with Crippen molar-refractivity contribution in [1.82, 2.24) is 10.6 Å². The molecule has 0 aliphatic carbocycles. The fourth-order valence-electron chi connectivity index (χ4n) is 2.79. The Morgan fingerprint density at radius 3 is 1.86 bits per heavy atom. The summed E-state index contributed by atoms with van der Waals surface area (Å²) in [5.74, 6) is 0.660. The molecule has 0 saturated carbocycles. The molecule has 0 atom stereocenters. The summed E-state index contributed by atoms with van der Waals surface area (Å²) in [5, 5.41) is 6.45. The third kappa shape index (κ3) is 5.94. The molecule has 0 aliphatic heterocycles. The molecular weight excluding hydrogens is 384 g/mol. The Bertz CT molecular complexity index is 847. The van der Waals surface area contributed by atoms with Crippen LogP contribution in [0.4, 0.5) is 0 Å². The van der Waals surface area contributed by atoms with Gasteiger partial charge in [-0.05, 0) is 35.5 Å². The molecule has 0 saturated heterocycles. The summed E-state index contributed by atoms with van der Waals surface area (Å²) in [6.07, 6.45) is 0. The number of hydrogen-bond donors (Lipinski definition) is 2. The van der Waals surface area contributed by atoms with E-state index in [1.165, 1.54) is 11.1 Å². The maximum Gasteiger partial charge on any atom is 0.257 e. The Kier molecular flexibility index (Phi) is 7.64. The Morgan fingerprint density at radius 2 is 1.32 bits per heavy atom. The van der Waals surface area contributed by atoms with Gasteiger partial charge in [-0.2, -0.15) is 0 Å². The van der Waals surface area contributed by atoms with Crippen molar-refractivity contribution in [3.8, 4) is 0 Å². The Morgan fingerprint density at radius 1 is 0.821 bits per heavy atom. The van der Waals surface area contributed by atoms with Crippen LogP contribution in [0.2, 0.25) is 0 Å². The van der Waals surface area contributed by atoms with E-state index in [1.54, 1.807) is 12.1 Å². The molecule has 3 aromatic carbocycles. The standard InChI is InChI=1S/C23H22N2OS2/c26-22(20-14-8-3-9-15-20)25-23(27)24-16-17-28-21(18-10-4-1-5-11-18)19-12-6-2-7-13-19/h1-15,21H,16-17H2,(H2,24,25,26,27). The van der Waals surface area contributed by atoms with Gasteiger partial charge in [-0.1, -0.05) is 78.9 Å². The van der Waals surface area contributed by atoms with E-state index in [4.69, 9.17) is 12.2 Å². The minimum absolute atomic E-state index is 0.197. The van der Waals surface area contributed by atoms with Crippen LogP contribution < -0.4 is 10.6 Å². The van der Waals surface area contributed by atoms with E-state index < -0.39 is 0 Å². The fourth-order valence-corrected chi connectivity index (χ4v) is 4.14. The smallest absolute Gasteiger partial charge is 0.257 e. The first-order valence-electron chi connectivity index (χ1n) is 9.10. The molecule has 0 aliphatic rings. The van der Waals surface area contributed by atoms with Gasteiger partial charge in [0.1, 0.15) is 0 Å². The number of nitrogens with one attached hydrogen (secondary N) is 2. The Labute approximate surface area is 175 Å².